The van der Waals surface area contributed by atoms with Gasteiger partial charge in [0.15, 0.2) is 0 Å². The molecular weight excluding hydrogens is 534 g/mol. The van der Waals surface area contributed by atoms with E-state index in [0.717, 1.165) is 10.4 Å². The van der Waals surface area contributed by atoms with Gasteiger partial charge in [-0.05, 0) is 39.5 Å². The molecule has 1 N–H and O–H groups in total. The van der Waals surface area contributed by atoms with Gasteiger partial charge in [0.1, 0.15) is 18.2 Å². The molecule has 0 aliphatic carbocycles. The topological polar surface area (TPSA) is 114 Å². The van der Waals surface area contributed by atoms with Gasteiger partial charge < -0.3 is 19.0 Å². The van der Waals surface area contributed by atoms with E-state index in [9.17, 15) is 15.4 Å². The van der Waals surface area contributed by atoms with Crippen molar-refractivity contribution >= 4 is 24.7 Å². The number of esters is 1. The van der Waals surface area contributed by atoms with E-state index in [1.54, 1.807) is 36.4 Å². The summed E-state index contributed by atoms with van der Waals surface area (Å²) in [4.78, 5) is 15.9. The van der Waals surface area contributed by atoms with Crippen LogP contribution in [0.25, 0.3) is 10.4 Å². The molecule has 5 atom stereocenters. The predicted molar refractivity (Wildman–Crippen MR) is 162 cm³/mol. The van der Waals surface area contributed by atoms with E-state index in [-0.39, 0.29) is 11.6 Å². The Kier molecular flexibility index (Phi) is 9.80. The Morgan fingerprint density at radius 1 is 1.00 bits per heavy atom. The number of nitrogens with zero attached hydrogens (tertiary/aromatic N) is 3. The van der Waals surface area contributed by atoms with Crippen LogP contribution in [0.4, 0.5) is 0 Å². The fourth-order valence-electron chi connectivity index (χ4n) is 5.58. The van der Waals surface area contributed by atoms with E-state index in [4.69, 9.17) is 13.9 Å². The summed E-state index contributed by atoms with van der Waals surface area (Å²) in [5.41, 5.74) is 9.74. The van der Waals surface area contributed by atoms with E-state index < -0.39 is 44.7 Å². The van der Waals surface area contributed by atoms with Crippen molar-refractivity contribution in [2.45, 2.75) is 62.7 Å². The number of ether oxygens (including phenoxy) is 2. The molecule has 2 unspecified atom stereocenters. The van der Waals surface area contributed by atoms with Gasteiger partial charge in [-0.2, -0.15) is 0 Å². The number of aliphatic hydroxyl groups excluding tert-OH is 1. The molecule has 1 fully saturated rings. The van der Waals surface area contributed by atoms with Gasteiger partial charge in [-0.15, -0.1) is 6.58 Å². The summed E-state index contributed by atoms with van der Waals surface area (Å²) >= 11 is 0. The average Bonchev–Trinajstić information content (AvgIpc) is 2.98. The molecule has 8 nitrogen and oxygen atoms in total. The third-order valence-corrected chi connectivity index (χ3v) is 12.5. The number of benzene rings is 3. The van der Waals surface area contributed by atoms with E-state index in [1.165, 1.54) is 0 Å². The standard InChI is InChI=1S/C32H37N3O5Si/c1-5-15-26-30(40-31(37)23-16-9-6-10-17-23)28(34-35-33)29(36)27(39-26)22-38-41(32(2,3)4,24-18-11-7-12-19-24)25-20-13-8-14-21-25/h5-14,16-21,26-30,36H,1,15,22H2,2-4H3/t26-,27?,28-,29+,30?/m0/s1. The van der Waals surface area contributed by atoms with Crippen molar-refractivity contribution in [2.75, 3.05) is 6.61 Å². The largest absolute Gasteiger partial charge is 0.455 e. The molecule has 0 bridgehead atoms. The van der Waals surface area contributed by atoms with Crippen LogP contribution in [-0.4, -0.2) is 56.5 Å². The number of hydrogen-bond donors (Lipinski definition) is 1. The molecule has 0 aromatic heterocycles. The minimum Gasteiger partial charge on any atom is -0.455 e. The first-order valence-electron chi connectivity index (χ1n) is 13.7. The van der Waals surface area contributed by atoms with Crippen molar-refractivity contribution in [2.24, 2.45) is 5.11 Å². The van der Waals surface area contributed by atoms with Gasteiger partial charge in [0.25, 0.3) is 8.32 Å². The first-order chi connectivity index (χ1) is 19.7. The lowest BCUT2D eigenvalue weighted by Gasteiger charge is -2.46. The molecule has 0 radical (unpaired) electrons. The Bertz CT molecular complexity index is 1300. The lowest BCUT2D eigenvalue weighted by molar-refractivity contribution is -0.186. The van der Waals surface area contributed by atoms with Gasteiger partial charge in [-0.3, -0.25) is 0 Å². The summed E-state index contributed by atoms with van der Waals surface area (Å²) in [5, 5.41) is 17.2. The van der Waals surface area contributed by atoms with Crippen LogP contribution in [0.1, 0.15) is 37.6 Å². The van der Waals surface area contributed by atoms with Gasteiger partial charge in [0.2, 0.25) is 0 Å². The molecular formula is C32H37N3O5Si. The summed E-state index contributed by atoms with van der Waals surface area (Å²) < 4.78 is 19.2. The lowest BCUT2D eigenvalue weighted by atomic mass is 9.91. The maximum atomic E-state index is 12.9. The molecule has 1 aliphatic rings. The van der Waals surface area contributed by atoms with Gasteiger partial charge in [-0.25, -0.2) is 4.79 Å². The maximum absolute atomic E-state index is 12.9. The molecule has 1 saturated heterocycles. The van der Waals surface area contributed by atoms with Crippen molar-refractivity contribution in [1.82, 2.24) is 0 Å². The zero-order valence-electron chi connectivity index (χ0n) is 23.7. The minimum atomic E-state index is -2.93. The van der Waals surface area contributed by atoms with E-state index >= 15 is 0 Å². The average molecular weight is 572 g/mol. The summed E-state index contributed by atoms with van der Waals surface area (Å²) in [5.74, 6) is -0.597. The number of aliphatic hydroxyl groups is 1. The van der Waals surface area contributed by atoms with Gasteiger partial charge in [0, 0.05) is 4.91 Å². The number of carbonyl (C=O) groups is 1. The minimum absolute atomic E-state index is 0.0406. The van der Waals surface area contributed by atoms with Crippen LogP contribution in [0.15, 0.2) is 109 Å². The lowest BCUT2D eigenvalue weighted by Crippen LogP contribution is -2.68. The van der Waals surface area contributed by atoms with E-state index in [0.29, 0.717) is 12.0 Å². The third-order valence-electron chi connectivity index (χ3n) is 7.50. The van der Waals surface area contributed by atoms with Crippen molar-refractivity contribution in [1.29, 1.82) is 0 Å². The fourth-order valence-corrected chi connectivity index (χ4v) is 10.2. The molecule has 0 spiro atoms. The third kappa shape index (κ3) is 6.45. The highest BCUT2D eigenvalue weighted by Gasteiger charge is 2.52. The van der Waals surface area contributed by atoms with E-state index in [2.05, 4.69) is 61.6 Å². The normalized spacial score (nSPS) is 22.8. The zero-order chi connectivity index (χ0) is 29.5. The Morgan fingerprint density at radius 3 is 2.02 bits per heavy atom. The number of azide groups is 1. The smallest absolute Gasteiger partial charge is 0.338 e. The van der Waals surface area contributed by atoms with Gasteiger partial charge in [-0.1, -0.05) is 111 Å². The number of hydrogen-bond acceptors (Lipinski definition) is 6. The molecule has 0 amide bonds. The van der Waals surface area contributed by atoms with Crippen LogP contribution < -0.4 is 10.4 Å². The van der Waals surface area contributed by atoms with Crippen LogP contribution in [0.2, 0.25) is 5.04 Å². The first-order valence-corrected chi connectivity index (χ1v) is 15.6. The van der Waals surface area contributed by atoms with Gasteiger partial charge >= 0.3 is 5.97 Å². The monoisotopic (exact) mass is 571 g/mol. The summed E-state index contributed by atoms with van der Waals surface area (Å²) in [7, 11) is -2.93. The van der Waals surface area contributed by atoms with Crippen LogP contribution in [-0.2, 0) is 13.9 Å². The van der Waals surface area contributed by atoms with Crippen molar-refractivity contribution < 1.29 is 23.8 Å². The van der Waals surface area contributed by atoms with Crippen molar-refractivity contribution in [3.8, 4) is 0 Å². The molecule has 1 aliphatic heterocycles. The highest BCUT2D eigenvalue weighted by atomic mass is 28.4. The number of carbonyl (C=O) groups excluding carboxylic acids is 1. The molecule has 0 saturated carbocycles. The molecule has 4 rings (SSSR count). The molecule has 214 valence electrons. The Labute approximate surface area is 242 Å². The highest BCUT2D eigenvalue weighted by molar-refractivity contribution is 6.99. The zero-order valence-corrected chi connectivity index (χ0v) is 24.7. The predicted octanol–water partition coefficient (Wildman–Crippen LogP) is 5.17. The molecule has 3 aromatic carbocycles. The molecule has 3 aromatic rings. The Hall–Kier alpha value is -3.72. The quantitative estimate of drug-likeness (QED) is 0.0901. The second-order valence-corrected chi connectivity index (χ2v) is 15.4. The van der Waals surface area contributed by atoms with Crippen LogP contribution in [0.3, 0.4) is 0 Å². The van der Waals surface area contributed by atoms with E-state index in [1.807, 2.05) is 36.4 Å². The number of rotatable bonds is 10. The van der Waals surface area contributed by atoms with Gasteiger partial charge in [0.05, 0.1) is 24.4 Å². The maximum Gasteiger partial charge on any atom is 0.338 e. The Balaban J connectivity index is 1.67. The van der Waals surface area contributed by atoms with Crippen molar-refractivity contribution in [3.63, 3.8) is 0 Å². The fraction of sp³-hybridized carbons (Fsp3) is 0.344. The SMILES string of the molecule is C=CC[C@@H]1OC(CO[Si](c2ccccc2)(c2ccccc2)C(C)(C)C)[C@@H](O)[C@H](N=[N+]=[N-])C1OC(=O)c1ccccc1. The highest BCUT2D eigenvalue weighted by Crippen LogP contribution is 2.38. The first kappa shape index (κ1) is 30.2. The van der Waals surface area contributed by atoms with Crippen LogP contribution in [0, 0.1) is 0 Å². The van der Waals surface area contributed by atoms with Crippen LogP contribution in [0.5, 0.6) is 0 Å². The second-order valence-electron chi connectivity index (χ2n) is 11.1. The van der Waals surface area contributed by atoms with Crippen molar-refractivity contribution in [3.05, 3.63) is 120 Å². The molecule has 41 heavy (non-hydrogen) atoms. The van der Waals surface area contributed by atoms with Crippen LogP contribution >= 0.6 is 0 Å². The summed E-state index contributed by atoms with van der Waals surface area (Å²) in [6, 6.07) is 27.8. The Morgan fingerprint density at radius 2 is 1.54 bits per heavy atom. The second kappa shape index (κ2) is 13.3. The summed E-state index contributed by atoms with van der Waals surface area (Å²) in [6.07, 6.45) is -1.88. The molecule has 9 heteroatoms. The summed E-state index contributed by atoms with van der Waals surface area (Å²) in [6.45, 7) is 10.4. The molecule has 1 heterocycles.